The third-order valence-corrected chi connectivity index (χ3v) is 4.70. The van der Waals surface area contributed by atoms with E-state index in [-0.39, 0.29) is 19.1 Å². The highest BCUT2D eigenvalue weighted by atomic mass is 35.5. The number of benzene rings is 1. The summed E-state index contributed by atoms with van der Waals surface area (Å²) in [7, 11) is 0. The molecule has 8 heteroatoms. The van der Waals surface area contributed by atoms with Crippen molar-refractivity contribution in [3.05, 3.63) is 28.2 Å². The molecule has 1 aliphatic rings. The number of aliphatic hydroxyl groups excluding tert-OH is 1. The van der Waals surface area contributed by atoms with Gasteiger partial charge in [-0.05, 0) is 31.0 Å². The van der Waals surface area contributed by atoms with Crippen LogP contribution in [0.5, 0.6) is 5.75 Å². The van der Waals surface area contributed by atoms with Gasteiger partial charge in [-0.15, -0.1) is 0 Å². The Bertz CT molecular complexity index is 635. The zero-order chi connectivity index (χ0) is 17.9. The molecule has 2 rings (SSSR count). The molecule has 1 atom stereocenters. The Balaban J connectivity index is 1.96. The second-order valence-electron chi connectivity index (χ2n) is 5.67. The van der Waals surface area contributed by atoms with E-state index in [1.54, 1.807) is 12.1 Å². The van der Waals surface area contributed by atoms with Gasteiger partial charge in [-0.1, -0.05) is 37.0 Å². The van der Waals surface area contributed by atoms with Gasteiger partial charge >= 0.3 is 6.03 Å². The number of halogens is 2. The number of ether oxygens (including phenoxy) is 1. The standard InChI is InChI=1S/C16H20Cl2N2O4/c1-3-16(4-2)14(22)20(15(23)19-16)8-11(21)9-24-13-6-5-10(17)7-12(13)18/h5-7,11,21H,3-4,8-9H2,1-2H3,(H,19,23). The topological polar surface area (TPSA) is 78.9 Å². The van der Waals surface area contributed by atoms with Gasteiger partial charge in [0.2, 0.25) is 0 Å². The number of hydrogen-bond donors (Lipinski definition) is 2. The van der Waals surface area contributed by atoms with E-state index in [9.17, 15) is 14.7 Å². The first kappa shape index (κ1) is 18.8. The smallest absolute Gasteiger partial charge is 0.325 e. The number of nitrogens with zero attached hydrogens (tertiary/aromatic N) is 1. The van der Waals surface area contributed by atoms with Gasteiger partial charge in [-0.25, -0.2) is 4.79 Å². The monoisotopic (exact) mass is 374 g/mol. The molecule has 1 aromatic rings. The maximum Gasteiger partial charge on any atom is 0.325 e. The van der Waals surface area contributed by atoms with Gasteiger partial charge < -0.3 is 15.2 Å². The van der Waals surface area contributed by atoms with Crippen LogP contribution < -0.4 is 10.1 Å². The molecule has 3 amide bonds. The van der Waals surface area contributed by atoms with Gasteiger partial charge in [0.1, 0.15) is 24.0 Å². The summed E-state index contributed by atoms with van der Waals surface area (Å²) in [5, 5.41) is 13.6. The number of urea groups is 1. The van der Waals surface area contributed by atoms with Crippen molar-refractivity contribution in [2.75, 3.05) is 13.2 Å². The Morgan fingerprint density at radius 1 is 1.29 bits per heavy atom. The third-order valence-electron chi connectivity index (χ3n) is 4.17. The van der Waals surface area contributed by atoms with Crippen LogP contribution in [0.4, 0.5) is 4.79 Å². The van der Waals surface area contributed by atoms with Gasteiger partial charge in [0, 0.05) is 5.02 Å². The minimum Gasteiger partial charge on any atom is -0.489 e. The lowest BCUT2D eigenvalue weighted by Crippen LogP contribution is -2.46. The van der Waals surface area contributed by atoms with Crippen LogP contribution in [0.1, 0.15) is 26.7 Å². The van der Waals surface area contributed by atoms with E-state index in [1.807, 2.05) is 13.8 Å². The summed E-state index contributed by atoms with van der Waals surface area (Å²) >= 11 is 11.8. The second-order valence-corrected chi connectivity index (χ2v) is 6.52. The fraction of sp³-hybridized carbons (Fsp3) is 0.500. The van der Waals surface area contributed by atoms with Crippen molar-refractivity contribution in [2.24, 2.45) is 0 Å². The van der Waals surface area contributed by atoms with Crippen molar-refractivity contribution in [1.82, 2.24) is 10.2 Å². The molecular weight excluding hydrogens is 355 g/mol. The van der Waals surface area contributed by atoms with Gasteiger partial charge in [-0.2, -0.15) is 0 Å². The van der Waals surface area contributed by atoms with Crippen molar-refractivity contribution in [2.45, 2.75) is 38.3 Å². The normalized spacial score (nSPS) is 17.8. The van der Waals surface area contributed by atoms with Crippen LogP contribution in [0.3, 0.4) is 0 Å². The molecule has 1 aliphatic heterocycles. The lowest BCUT2D eigenvalue weighted by atomic mass is 9.93. The second kappa shape index (κ2) is 7.59. The lowest BCUT2D eigenvalue weighted by Gasteiger charge is -2.24. The number of carbonyl (C=O) groups excluding carboxylic acids is 2. The van der Waals surface area contributed by atoms with Crippen molar-refractivity contribution in [3.8, 4) is 5.75 Å². The summed E-state index contributed by atoms with van der Waals surface area (Å²) in [6, 6.07) is 4.24. The van der Waals surface area contributed by atoms with Gasteiger partial charge in [0.15, 0.2) is 0 Å². The molecule has 0 saturated carbocycles. The number of β-amino-alcohol motifs (C(OH)–C–C–N with tert-alkyl or cyclic N) is 1. The van der Waals surface area contributed by atoms with E-state index < -0.39 is 17.7 Å². The maximum atomic E-state index is 12.5. The molecule has 132 valence electrons. The van der Waals surface area contributed by atoms with Crippen LogP contribution in [0.2, 0.25) is 10.0 Å². The summed E-state index contributed by atoms with van der Waals surface area (Å²) in [6.07, 6.45) is -0.0364. The van der Waals surface area contributed by atoms with E-state index in [4.69, 9.17) is 27.9 Å². The Hall–Kier alpha value is -1.50. The van der Waals surface area contributed by atoms with Crippen molar-refractivity contribution >= 4 is 35.1 Å². The Kier molecular flexibility index (Phi) is 5.96. The zero-order valence-corrected chi connectivity index (χ0v) is 15.0. The molecule has 1 fully saturated rings. The fourth-order valence-electron chi connectivity index (χ4n) is 2.61. The molecule has 2 N–H and O–H groups in total. The van der Waals surface area contributed by atoms with Crippen molar-refractivity contribution < 1.29 is 19.4 Å². The molecule has 1 aromatic carbocycles. The van der Waals surface area contributed by atoms with Crippen LogP contribution in [0.15, 0.2) is 18.2 Å². The predicted octanol–water partition coefficient (Wildman–Crippen LogP) is 2.84. The van der Waals surface area contributed by atoms with Crippen LogP contribution in [-0.2, 0) is 4.79 Å². The summed E-state index contributed by atoms with van der Waals surface area (Å²) < 4.78 is 5.43. The number of carbonyl (C=O) groups is 2. The van der Waals surface area contributed by atoms with Gasteiger partial charge in [0.25, 0.3) is 5.91 Å². The summed E-state index contributed by atoms with van der Waals surface area (Å²) in [6.45, 7) is 3.43. The maximum absolute atomic E-state index is 12.5. The molecule has 0 radical (unpaired) electrons. The largest absolute Gasteiger partial charge is 0.489 e. The van der Waals surface area contributed by atoms with Crippen LogP contribution in [0.25, 0.3) is 0 Å². The molecule has 0 bridgehead atoms. The molecular formula is C16H20Cl2N2O4. The number of aliphatic hydroxyl groups is 1. The third kappa shape index (κ3) is 3.77. The first-order valence-electron chi connectivity index (χ1n) is 7.73. The number of hydrogen-bond acceptors (Lipinski definition) is 4. The Morgan fingerprint density at radius 2 is 1.96 bits per heavy atom. The van der Waals surface area contributed by atoms with Crippen molar-refractivity contribution in [3.63, 3.8) is 0 Å². The van der Waals surface area contributed by atoms with Gasteiger partial charge in [0.05, 0.1) is 11.6 Å². The molecule has 24 heavy (non-hydrogen) atoms. The average Bonchev–Trinajstić information content (AvgIpc) is 2.78. The molecule has 0 spiro atoms. The quantitative estimate of drug-likeness (QED) is 0.719. The SMILES string of the molecule is CCC1(CC)NC(=O)N(CC(O)COc2ccc(Cl)cc2Cl)C1=O. The number of imide groups is 1. The molecule has 0 aromatic heterocycles. The highest BCUT2D eigenvalue weighted by Crippen LogP contribution is 2.28. The van der Waals surface area contributed by atoms with E-state index in [0.29, 0.717) is 28.6 Å². The number of nitrogens with one attached hydrogen (secondary N) is 1. The first-order valence-corrected chi connectivity index (χ1v) is 8.48. The molecule has 0 aliphatic carbocycles. The minimum absolute atomic E-state index is 0.107. The molecule has 6 nitrogen and oxygen atoms in total. The van der Waals surface area contributed by atoms with Crippen molar-refractivity contribution in [1.29, 1.82) is 0 Å². The van der Waals surface area contributed by atoms with Crippen LogP contribution in [0, 0.1) is 0 Å². The molecule has 1 saturated heterocycles. The van der Waals surface area contributed by atoms with E-state index in [2.05, 4.69) is 5.32 Å². The molecule has 1 heterocycles. The van der Waals surface area contributed by atoms with E-state index in [0.717, 1.165) is 4.90 Å². The highest BCUT2D eigenvalue weighted by molar-refractivity contribution is 6.35. The lowest BCUT2D eigenvalue weighted by molar-refractivity contribution is -0.132. The van der Waals surface area contributed by atoms with Crippen LogP contribution >= 0.6 is 23.2 Å². The summed E-state index contributed by atoms with van der Waals surface area (Å²) in [4.78, 5) is 25.5. The van der Waals surface area contributed by atoms with Gasteiger partial charge in [-0.3, -0.25) is 9.69 Å². The Labute approximate surface area is 150 Å². The predicted molar refractivity (Wildman–Crippen MR) is 91.5 cm³/mol. The summed E-state index contributed by atoms with van der Waals surface area (Å²) in [5.41, 5.74) is -0.878. The Morgan fingerprint density at radius 3 is 2.50 bits per heavy atom. The number of rotatable bonds is 7. The minimum atomic E-state index is -1.03. The fourth-order valence-corrected chi connectivity index (χ4v) is 3.08. The van der Waals surface area contributed by atoms with E-state index >= 15 is 0 Å². The zero-order valence-electron chi connectivity index (χ0n) is 13.5. The summed E-state index contributed by atoms with van der Waals surface area (Å²) in [5.74, 6) is 0.0508. The number of amides is 3. The molecule has 1 unspecified atom stereocenters. The average molecular weight is 375 g/mol. The first-order chi connectivity index (χ1) is 11.3. The van der Waals surface area contributed by atoms with E-state index in [1.165, 1.54) is 6.07 Å². The highest BCUT2D eigenvalue weighted by Gasteiger charge is 2.48. The van der Waals surface area contributed by atoms with Crippen LogP contribution in [-0.4, -0.2) is 46.7 Å².